The fourth-order valence-electron chi connectivity index (χ4n) is 4.17. The molecule has 5 nitrogen and oxygen atoms in total. The predicted octanol–water partition coefficient (Wildman–Crippen LogP) is 5.92. The fraction of sp³-hybridized carbons (Fsp3) is 0.0400. The molecule has 0 aliphatic heterocycles. The monoisotopic (exact) mass is 407 g/mol. The normalized spacial score (nSPS) is 11.5. The maximum atomic E-state index is 14.5. The molecule has 6 heteroatoms. The minimum Gasteiger partial charge on any atom is -0.353 e. The first kappa shape index (κ1) is 17.7. The number of H-pyrrole nitrogens is 2. The van der Waals surface area contributed by atoms with Crippen molar-refractivity contribution in [2.75, 3.05) is 0 Å². The van der Waals surface area contributed by atoms with Gasteiger partial charge in [0.2, 0.25) is 0 Å². The maximum Gasteiger partial charge on any atom is 0.131 e. The lowest BCUT2D eigenvalue weighted by Gasteiger charge is -2.04. The number of aromatic nitrogens is 5. The van der Waals surface area contributed by atoms with E-state index in [9.17, 15) is 4.39 Å². The number of aryl methyl sites for hydroxylation is 1. The van der Waals surface area contributed by atoms with Crippen LogP contribution in [0.4, 0.5) is 4.39 Å². The maximum absolute atomic E-state index is 14.5. The van der Waals surface area contributed by atoms with Crippen LogP contribution < -0.4 is 0 Å². The Morgan fingerprint density at radius 2 is 1.71 bits per heavy atom. The summed E-state index contributed by atoms with van der Waals surface area (Å²) in [5.74, 6) is -0.232. The molecule has 2 N–H and O–H groups in total. The minimum absolute atomic E-state index is 0.232. The van der Waals surface area contributed by atoms with Gasteiger partial charge in [-0.05, 0) is 41.5 Å². The number of halogens is 1. The van der Waals surface area contributed by atoms with Gasteiger partial charge in [-0.15, -0.1) is 0 Å². The highest BCUT2D eigenvalue weighted by atomic mass is 19.1. The predicted molar refractivity (Wildman–Crippen MR) is 121 cm³/mol. The summed E-state index contributed by atoms with van der Waals surface area (Å²) in [6.45, 7) is 0. The number of rotatable bonds is 3. The van der Waals surface area contributed by atoms with Gasteiger partial charge in [-0.2, -0.15) is 10.2 Å². The lowest BCUT2D eigenvalue weighted by molar-refractivity contribution is 0.631. The van der Waals surface area contributed by atoms with E-state index in [0.717, 1.165) is 49.9 Å². The van der Waals surface area contributed by atoms with Gasteiger partial charge in [-0.3, -0.25) is 9.78 Å². The Labute approximate surface area is 177 Å². The molecule has 0 amide bonds. The van der Waals surface area contributed by atoms with Crippen molar-refractivity contribution in [3.8, 4) is 33.6 Å². The molecule has 0 spiro atoms. The summed E-state index contributed by atoms with van der Waals surface area (Å²) >= 11 is 0. The lowest BCUT2D eigenvalue weighted by atomic mass is 10.0. The van der Waals surface area contributed by atoms with Gasteiger partial charge in [-0.25, -0.2) is 4.39 Å². The van der Waals surface area contributed by atoms with Crippen LogP contribution in [0.5, 0.6) is 0 Å². The Kier molecular flexibility index (Phi) is 3.80. The largest absolute Gasteiger partial charge is 0.353 e. The highest BCUT2D eigenvalue weighted by Gasteiger charge is 2.15. The van der Waals surface area contributed by atoms with Gasteiger partial charge in [0.15, 0.2) is 0 Å². The van der Waals surface area contributed by atoms with E-state index in [1.807, 2.05) is 55.8 Å². The number of aromatic amines is 2. The molecule has 0 fully saturated rings. The summed E-state index contributed by atoms with van der Waals surface area (Å²) in [4.78, 5) is 3.46. The summed E-state index contributed by atoms with van der Waals surface area (Å²) in [6.07, 6.45) is 3.84. The molecule has 0 atom stereocenters. The number of hydrogen-bond acceptors (Lipinski definition) is 2. The molecular formula is C25H18FN5. The summed E-state index contributed by atoms with van der Waals surface area (Å²) < 4.78 is 16.3. The number of nitrogens with one attached hydrogen (secondary N) is 2. The summed E-state index contributed by atoms with van der Waals surface area (Å²) in [7, 11) is 1.91. The van der Waals surface area contributed by atoms with Gasteiger partial charge in [0.05, 0.1) is 17.4 Å². The van der Waals surface area contributed by atoms with E-state index < -0.39 is 0 Å². The molecule has 0 aliphatic rings. The van der Waals surface area contributed by atoms with Crippen LogP contribution in [0.1, 0.15) is 0 Å². The van der Waals surface area contributed by atoms with Crippen molar-refractivity contribution in [2.24, 2.45) is 7.05 Å². The lowest BCUT2D eigenvalue weighted by Crippen LogP contribution is -1.84. The molecule has 150 valence electrons. The van der Waals surface area contributed by atoms with Crippen molar-refractivity contribution < 1.29 is 4.39 Å². The van der Waals surface area contributed by atoms with E-state index in [4.69, 9.17) is 0 Å². The first-order valence-corrected chi connectivity index (χ1v) is 10.0. The second-order valence-electron chi connectivity index (χ2n) is 7.66. The van der Waals surface area contributed by atoms with Crippen LogP contribution >= 0.6 is 0 Å². The molecule has 6 aromatic rings. The molecular weight excluding hydrogens is 389 g/mol. The van der Waals surface area contributed by atoms with Crippen molar-refractivity contribution in [1.29, 1.82) is 0 Å². The van der Waals surface area contributed by atoms with Crippen LogP contribution in [-0.2, 0) is 7.05 Å². The van der Waals surface area contributed by atoms with Crippen LogP contribution in [0.2, 0.25) is 0 Å². The fourth-order valence-corrected chi connectivity index (χ4v) is 4.17. The molecule has 3 heterocycles. The summed E-state index contributed by atoms with van der Waals surface area (Å²) in [6, 6.07) is 21.0. The first-order chi connectivity index (χ1) is 15.2. The molecule has 3 aromatic heterocycles. The van der Waals surface area contributed by atoms with E-state index in [1.54, 1.807) is 16.8 Å². The van der Waals surface area contributed by atoms with Crippen LogP contribution in [-0.4, -0.2) is 25.0 Å². The van der Waals surface area contributed by atoms with Crippen molar-refractivity contribution in [3.05, 3.63) is 84.9 Å². The van der Waals surface area contributed by atoms with Gasteiger partial charge in [0, 0.05) is 40.7 Å². The van der Waals surface area contributed by atoms with Gasteiger partial charge < -0.3 is 4.98 Å². The third kappa shape index (κ3) is 2.84. The van der Waals surface area contributed by atoms with Crippen molar-refractivity contribution in [2.45, 2.75) is 0 Å². The minimum atomic E-state index is -0.232. The average molecular weight is 407 g/mol. The highest BCUT2D eigenvalue weighted by Crippen LogP contribution is 2.35. The number of hydrogen-bond donors (Lipinski definition) is 2. The molecule has 0 saturated carbocycles. The Hall–Kier alpha value is -4.19. The molecule has 31 heavy (non-hydrogen) atoms. The average Bonchev–Trinajstić information content (AvgIpc) is 3.50. The van der Waals surface area contributed by atoms with Crippen molar-refractivity contribution in [3.63, 3.8) is 0 Å². The zero-order chi connectivity index (χ0) is 20.9. The van der Waals surface area contributed by atoms with E-state index in [1.165, 1.54) is 6.07 Å². The number of nitrogens with zero attached hydrogens (tertiary/aromatic N) is 3. The number of fused-ring (bicyclic) bond motifs is 2. The second-order valence-corrected chi connectivity index (χ2v) is 7.66. The van der Waals surface area contributed by atoms with Gasteiger partial charge >= 0.3 is 0 Å². The number of benzene rings is 3. The molecule has 0 unspecified atom stereocenters. The van der Waals surface area contributed by atoms with Crippen LogP contribution in [0, 0.1) is 5.82 Å². The van der Waals surface area contributed by atoms with Crippen LogP contribution in [0.3, 0.4) is 0 Å². The van der Waals surface area contributed by atoms with E-state index in [2.05, 4.69) is 32.4 Å². The van der Waals surface area contributed by atoms with Crippen LogP contribution in [0.15, 0.2) is 79.1 Å². The Morgan fingerprint density at radius 3 is 2.55 bits per heavy atom. The first-order valence-electron chi connectivity index (χ1n) is 10.0. The van der Waals surface area contributed by atoms with E-state index in [0.29, 0.717) is 5.56 Å². The topological polar surface area (TPSA) is 62.3 Å². The molecule has 0 bridgehead atoms. The zero-order valence-electron chi connectivity index (χ0n) is 16.7. The SMILES string of the molecule is Cn1cc(-c2ccc3[nH]nc(-c4cc5c(-c6ccccc6F)cccc5[nH]4)c3c2)cn1. The Bertz CT molecular complexity index is 1570. The molecule has 3 aromatic carbocycles. The van der Waals surface area contributed by atoms with Gasteiger partial charge in [0.1, 0.15) is 11.5 Å². The molecule has 0 aliphatic carbocycles. The highest BCUT2D eigenvalue weighted by molar-refractivity contribution is 6.01. The molecule has 0 saturated heterocycles. The third-order valence-electron chi connectivity index (χ3n) is 5.68. The van der Waals surface area contributed by atoms with Crippen molar-refractivity contribution >= 4 is 21.8 Å². The van der Waals surface area contributed by atoms with Crippen LogP contribution in [0.25, 0.3) is 55.4 Å². The zero-order valence-corrected chi connectivity index (χ0v) is 16.7. The second kappa shape index (κ2) is 6.67. The Morgan fingerprint density at radius 1 is 0.839 bits per heavy atom. The van der Waals surface area contributed by atoms with E-state index >= 15 is 0 Å². The van der Waals surface area contributed by atoms with Gasteiger partial charge in [-0.1, -0.05) is 36.4 Å². The molecule has 6 rings (SSSR count). The smallest absolute Gasteiger partial charge is 0.131 e. The summed E-state index contributed by atoms with van der Waals surface area (Å²) in [5, 5.41) is 13.9. The van der Waals surface area contributed by atoms with E-state index in [-0.39, 0.29) is 5.82 Å². The Balaban J connectivity index is 1.52. The summed E-state index contributed by atoms with van der Waals surface area (Å²) in [5.41, 5.74) is 7.18. The third-order valence-corrected chi connectivity index (χ3v) is 5.68. The molecule has 0 radical (unpaired) electrons. The van der Waals surface area contributed by atoms with Gasteiger partial charge in [0.25, 0.3) is 0 Å². The standard InChI is InChI=1S/C25H18FN5/c1-31-14-16(13-27-31)15-9-10-23-20(11-15)25(30-29-23)24-12-19-17(6-4-8-22(19)28-24)18-5-2-3-7-21(18)26/h2-14,28H,1H3,(H,29,30). The van der Waals surface area contributed by atoms with Crippen molar-refractivity contribution in [1.82, 2.24) is 25.0 Å². The quantitative estimate of drug-likeness (QED) is 0.383.